The number of rotatable bonds is 2. The molecule has 3 atom stereocenters. The lowest BCUT2D eigenvalue weighted by atomic mass is 10.00. The monoisotopic (exact) mass is 197 g/mol. The molecule has 2 aliphatic heterocycles. The number of carbonyl (C=O) groups excluding carboxylic acids is 2. The molecule has 0 aromatic carbocycles. The molecule has 2 saturated heterocycles. The van der Waals surface area contributed by atoms with E-state index < -0.39 is 0 Å². The molecule has 2 aliphatic rings. The quantitative estimate of drug-likeness (QED) is 0.530. The van der Waals surface area contributed by atoms with Crippen LogP contribution in [0.4, 0.5) is 0 Å². The van der Waals surface area contributed by atoms with Gasteiger partial charge in [0.25, 0.3) is 0 Å². The summed E-state index contributed by atoms with van der Waals surface area (Å²) in [4.78, 5) is 24.7. The largest absolute Gasteiger partial charge is 0.327 e. The average Bonchev–Trinajstić information content (AvgIpc) is 2.55. The van der Waals surface area contributed by atoms with Crippen molar-refractivity contribution in [2.24, 2.45) is 17.6 Å². The van der Waals surface area contributed by atoms with Gasteiger partial charge in [0.2, 0.25) is 11.8 Å². The third-order valence-electron chi connectivity index (χ3n) is 2.86. The van der Waals surface area contributed by atoms with Gasteiger partial charge in [-0.1, -0.05) is 0 Å². The first kappa shape index (κ1) is 9.61. The molecule has 2 fully saturated rings. The van der Waals surface area contributed by atoms with Crippen molar-refractivity contribution in [3.8, 4) is 0 Å². The summed E-state index contributed by atoms with van der Waals surface area (Å²) in [7, 11) is 0. The number of hydrogen-bond donors (Lipinski definition) is 2. The first-order valence-electron chi connectivity index (χ1n) is 4.90. The van der Waals surface area contributed by atoms with Crippen molar-refractivity contribution in [3.63, 3.8) is 0 Å². The molecule has 2 rings (SSSR count). The Hall–Kier alpha value is -0.940. The van der Waals surface area contributed by atoms with Gasteiger partial charge in [0.15, 0.2) is 0 Å². The summed E-state index contributed by atoms with van der Waals surface area (Å²) in [5, 5.41) is 2.36. The Bertz CT molecular complexity index is 255. The summed E-state index contributed by atoms with van der Waals surface area (Å²) in [6.07, 6.45) is 0. The zero-order valence-corrected chi connectivity index (χ0v) is 8.19. The molecule has 0 aromatic rings. The number of imide groups is 1. The number of hydrogen-bond acceptors (Lipinski definition) is 4. The first-order valence-corrected chi connectivity index (χ1v) is 4.90. The van der Waals surface area contributed by atoms with E-state index in [2.05, 4.69) is 10.2 Å². The summed E-state index contributed by atoms with van der Waals surface area (Å²) in [6.45, 7) is 4.02. The van der Waals surface area contributed by atoms with Crippen LogP contribution in [-0.4, -0.2) is 42.4 Å². The minimum absolute atomic E-state index is 0.0898. The van der Waals surface area contributed by atoms with E-state index in [1.54, 1.807) is 0 Å². The van der Waals surface area contributed by atoms with Crippen LogP contribution in [0.2, 0.25) is 0 Å². The number of carbonyl (C=O) groups is 2. The highest BCUT2D eigenvalue weighted by Gasteiger charge is 2.47. The molecule has 14 heavy (non-hydrogen) atoms. The van der Waals surface area contributed by atoms with Crippen LogP contribution >= 0.6 is 0 Å². The predicted octanol–water partition coefficient (Wildman–Crippen LogP) is -1.46. The lowest BCUT2D eigenvalue weighted by Crippen LogP contribution is -2.37. The Morgan fingerprint density at radius 3 is 2.36 bits per heavy atom. The Morgan fingerprint density at radius 1 is 1.43 bits per heavy atom. The fourth-order valence-corrected chi connectivity index (χ4v) is 2.28. The Kier molecular flexibility index (Phi) is 2.28. The van der Waals surface area contributed by atoms with Gasteiger partial charge in [-0.2, -0.15) is 0 Å². The number of nitrogens with two attached hydrogens (primary N) is 1. The van der Waals surface area contributed by atoms with E-state index in [1.165, 1.54) is 0 Å². The van der Waals surface area contributed by atoms with Gasteiger partial charge in [0, 0.05) is 25.7 Å². The molecule has 5 nitrogen and oxygen atoms in total. The molecule has 0 aromatic heterocycles. The zero-order valence-electron chi connectivity index (χ0n) is 8.19. The number of likely N-dealkylation sites (tertiary alicyclic amines) is 1. The van der Waals surface area contributed by atoms with E-state index in [0.717, 1.165) is 6.54 Å². The van der Waals surface area contributed by atoms with E-state index in [-0.39, 0.29) is 29.7 Å². The van der Waals surface area contributed by atoms with E-state index in [9.17, 15) is 9.59 Å². The van der Waals surface area contributed by atoms with Gasteiger partial charge in [0.05, 0.1) is 11.8 Å². The molecule has 0 bridgehead atoms. The smallest absolute Gasteiger partial charge is 0.231 e. The molecule has 78 valence electrons. The van der Waals surface area contributed by atoms with Crippen molar-refractivity contribution in [2.45, 2.75) is 13.0 Å². The van der Waals surface area contributed by atoms with Crippen LogP contribution in [0.3, 0.4) is 0 Å². The first-order chi connectivity index (χ1) is 6.58. The number of amides is 2. The number of nitrogens with zero attached hydrogens (tertiary/aromatic N) is 1. The van der Waals surface area contributed by atoms with Crippen LogP contribution in [0.25, 0.3) is 0 Å². The second-order valence-electron chi connectivity index (χ2n) is 4.26. The molecule has 0 radical (unpaired) electrons. The van der Waals surface area contributed by atoms with Crippen molar-refractivity contribution in [3.05, 3.63) is 0 Å². The van der Waals surface area contributed by atoms with Crippen molar-refractivity contribution in [1.82, 2.24) is 10.2 Å². The highest BCUT2D eigenvalue weighted by atomic mass is 16.2. The number of nitrogens with one attached hydrogen (secondary N) is 1. The third-order valence-corrected chi connectivity index (χ3v) is 2.86. The molecule has 0 aliphatic carbocycles. The molecule has 3 unspecified atom stereocenters. The normalized spacial score (nSPS) is 34.4. The maximum absolute atomic E-state index is 11.3. The fourth-order valence-electron chi connectivity index (χ4n) is 2.28. The Morgan fingerprint density at radius 2 is 1.93 bits per heavy atom. The third kappa shape index (κ3) is 1.53. The second kappa shape index (κ2) is 3.33. The fraction of sp³-hybridized carbons (Fsp3) is 0.778. The molecule has 2 amide bonds. The van der Waals surface area contributed by atoms with Gasteiger partial charge in [-0.15, -0.1) is 0 Å². The van der Waals surface area contributed by atoms with Gasteiger partial charge in [-0.3, -0.25) is 14.9 Å². The molecule has 5 heteroatoms. The standard InChI is InChI=1S/C9H15N3O2/c1-5(10)2-12-3-6-7(4-12)9(14)11-8(6)13/h5-7H,2-4,10H2,1H3,(H,11,13,14). The van der Waals surface area contributed by atoms with Gasteiger partial charge in [0.1, 0.15) is 0 Å². The van der Waals surface area contributed by atoms with Crippen molar-refractivity contribution in [1.29, 1.82) is 0 Å². The van der Waals surface area contributed by atoms with Gasteiger partial charge in [-0.05, 0) is 6.92 Å². The zero-order chi connectivity index (χ0) is 10.3. The summed E-state index contributed by atoms with van der Waals surface area (Å²) < 4.78 is 0. The van der Waals surface area contributed by atoms with E-state index in [0.29, 0.717) is 13.1 Å². The van der Waals surface area contributed by atoms with E-state index >= 15 is 0 Å². The molecule has 0 spiro atoms. The van der Waals surface area contributed by atoms with Crippen LogP contribution < -0.4 is 11.1 Å². The Balaban J connectivity index is 2.00. The number of fused-ring (bicyclic) bond motifs is 1. The molecule has 2 heterocycles. The van der Waals surface area contributed by atoms with E-state index in [1.807, 2.05) is 6.92 Å². The lowest BCUT2D eigenvalue weighted by Gasteiger charge is -2.18. The maximum Gasteiger partial charge on any atom is 0.231 e. The summed E-state index contributed by atoms with van der Waals surface area (Å²) >= 11 is 0. The van der Waals surface area contributed by atoms with Crippen LogP contribution in [0.15, 0.2) is 0 Å². The van der Waals surface area contributed by atoms with Gasteiger partial charge >= 0.3 is 0 Å². The summed E-state index contributed by atoms with van der Waals surface area (Å²) in [5.74, 6) is -0.512. The lowest BCUT2D eigenvalue weighted by molar-refractivity contribution is -0.126. The maximum atomic E-state index is 11.3. The second-order valence-corrected chi connectivity index (χ2v) is 4.26. The average molecular weight is 197 g/mol. The van der Waals surface area contributed by atoms with Crippen LogP contribution in [0, 0.1) is 11.8 Å². The predicted molar refractivity (Wildman–Crippen MR) is 50.2 cm³/mol. The van der Waals surface area contributed by atoms with Crippen LogP contribution in [-0.2, 0) is 9.59 Å². The molecular weight excluding hydrogens is 182 g/mol. The summed E-state index contributed by atoms with van der Waals surface area (Å²) in [5.41, 5.74) is 5.66. The van der Waals surface area contributed by atoms with Gasteiger partial charge < -0.3 is 10.6 Å². The van der Waals surface area contributed by atoms with Crippen molar-refractivity contribution >= 4 is 11.8 Å². The summed E-state index contributed by atoms with van der Waals surface area (Å²) in [6, 6.07) is 0.0898. The molecule has 3 N–H and O–H groups in total. The molecule has 0 saturated carbocycles. The minimum atomic E-state index is -0.138. The molecular formula is C9H15N3O2. The topological polar surface area (TPSA) is 75.4 Å². The SMILES string of the molecule is CC(N)CN1CC2C(=O)NC(=O)C2C1. The van der Waals surface area contributed by atoms with Crippen LogP contribution in [0.5, 0.6) is 0 Å². The van der Waals surface area contributed by atoms with Gasteiger partial charge in [-0.25, -0.2) is 0 Å². The van der Waals surface area contributed by atoms with Crippen LogP contribution in [0.1, 0.15) is 6.92 Å². The van der Waals surface area contributed by atoms with E-state index in [4.69, 9.17) is 5.73 Å². The van der Waals surface area contributed by atoms with Crippen molar-refractivity contribution in [2.75, 3.05) is 19.6 Å². The highest BCUT2D eigenvalue weighted by molar-refractivity contribution is 6.05. The highest BCUT2D eigenvalue weighted by Crippen LogP contribution is 2.27. The minimum Gasteiger partial charge on any atom is -0.327 e. The van der Waals surface area contributed by atoms with Crippen molar-refractivity contribution < 1.29 is 9.59 Å². The Labute approximate surface area is 82.6 Å².